The van der Waals surface area contributed by atoms with E-state index < -0.39 is 34.4 Å². The molecule has 0 spiro atoms. The number of aromatic amines is 1. The van der Waals surface area contributed by atoms with Gasteiger partial charge in [-0.25, -0.2) is 14.6 Å². The summed E-state index contributed by atoms with van der Waals surface area (Å²) in [6.45, 7) is 3.89. The number of ether oxygens (including phenoxy) is 3. The maximum absolute atomic E-state index is 12.8. The molecule has 0 atom stereocenters. The molecule has 13 heteroatoms. The lowest BCUT2D eigenvalue weighted by atomic mass is 10.1. The number of nitro groups is 1. The molecule has 0 bridgehead atoms. The van der Waals surface area contributed by atoms with Crippen molar-refractivity contribution < 1.29 is 23.9 Å². The number of fused-ring (bicyclic) bond motifs is 1. The van der Waals surface area contributed by atoms with Gasteiger partial charge in [-0.3, -0.25) is 24.5 Å². The molecule has 0 aliphatic heterocycles. The van der Waals surface area contributed by atoms with Crippen molar-refractivity contribution in [3.8, 4) is 11.5 Å². The molecule has 2 heterocycles. The molecule has 0 aliphatic carbocycles. The quantitative estimate of drug-likeness (QED) is 0.262. The summed E-state index contributed by atoms with van der Waals surface area (Å²) >= 11 is 0. The molecule has 182 valence electrons. The molecule has 0 aliphatic rings. The van der Waals surface area contributed by atoms with Crippen LogP contribution in [0.4, 0.5) is 5.69 Å². The Labute approximate surface area is 193 Å². The van der Waals surface area contributed by atoms with E-state index in [1.165, 1.54) is 22.3 Å². The van der Waals surface area contributed by atoms with Crippen LogP contribution in [0, 0.1) is 10.1 Å². The van der Waals surface area contributed by atoms with E-state index in [-0.39, 0.29) is 40.7 Å². The van der Waals surface area contributed by atoms with E-state index in [1.807, 2.05) is 6.92 Å². The second kappa shape index (κ2) is 10.2. The van der Waals surface area contributed by atoms with Crippen LogP contribution in [-0.2, 0) is 24.9 Å². The van der Waals surface area contributed by atoms with E-state index >= 15 is 0 Å². The Bertz CT molecular complexity index is 1350. The zero-order chi connectivity index (χ0) is 25.0. The molecule has 1 aromatic carbocycles. The number of unbranched alkanes of at least 4 members (excludes halogenated alkanes) is 1. The first kappa shape index (κ1) is 24.5. The summed E-state index contributed by atoms with van der Waals surface area (Å²) in [5.74, 6) is -0.549. The molecule has 0 unspecified atom stereocenters. The van der Waals surface area contributed by atoms with Gasteiger partial charge in [0.2, 0.25) is 0 Å². The minimum Gasteiger partial charge on any atom is -0.493 e. The van der Waals surface area contributed by atoms with Gasteiger partial charge in [0, 0.05) is 19.7 Å². The van der Waals surface area contributed by atoms with E-state index in [2.05, 4.69) is 9.97 Å². The Balaban J connectivity index is 1.97. The Kier molecular flexibility index (Phi) is 7.34. The van der Waals surface area contributed by atoms with E-state index in [0.29, 0.717) is 13.0 Å². The van der Waals surface area contributed by atoms with E-state index in [0.717, 1.165) is 12.5 Å². The summed E-state index contributed by atoms with van der Waals surface area (Å²) < 4.78 is 18.6. The van der Waals surface area contributed by atoms with Gasteiger partial charge in [-0.05, 0) is 13.3 Å². The van der Waals surface area contributed by atoms with Gasteiger partial charge in [0.15, 0.2) is 22.7 Å². The molecule has 0 saturated carbocycles. The summed E-state index contributed by atoms with van der Waals surface area (Å²) in [6.07, 6.45) is 1.53. The molecule has 13 nitrogen and oxygen atoms in total. The second-order valence-corrected chi connectivity index (χ2v) is 7.31. The molecule has 0 fully saturated rings. The van der Waals surface area contributed by atoms with Crippen LogP contribution in [0.25, 0.3) is 11.2 Å². The van der Waals surface area contributed by atoms with Gasteiger partial charge < -0.3 is 18.8 Å². The molecule has 0 radical (unpaired) electrons. The highest BCUT2D eigenvalue weighted by molar-refractivity contribution is 5.95. The number of hydrogen-bond acceptors (Lipinski definition) is 9. The Morgan fingerprint density at radius 1 is 1.24 bits per heavy atom. The predicted molar refractivity (Wildman–Crippen MR) is 120 cm³/mol. The number of nitrogens with zero attached hydrogens (tertiary/aromatic N) is 4. The molecule has 3 rings (SSSR count). The smallest absolute Gasteiger partial charge is 0.345 e. The highest BCUT2D eigenvalue weighted by Crippen LogP contribution is 2.35. The van der Waals surface area contributed by atoms with Crippen molar-refractivity contribution in [2.45, 2.75) is 39.8 Å². The molecule has 0 amide bonds. The number of benzene rings is 1. The van der Waals surface area contributed by atoms with Crippen LogP contribution in [0.5, 0.6) is 11.5 Å². The van der Waals surface area contributed by atoms with Gasteiger partial charge in [0.1, 0.15) is 18.0 Å². The topological polar surface area (TPSA) is 161 Å². The first-order chi connectivity index (χ1) is 16.2. The second-order valence-electron chi connectivity index (χ2n) is 7.31. The van der Waals surface area contributed by atoms with Gasteiger partial charge in [-0.2, -0.15) is 0 Å². The maximum atomic E-state index is 12.8. The van der Waals surface area contributed by atoms with Crippen molar-refractivity contribution in [2.24, 2.45) is 7.05 Å². The lowest BCUT2D eigenvalue weighted by Crippen LogP contribution is -2.31. The monoisotopic (exact) mass is 475 g/mol. The summed E-state index contributed by atoms with van der Waals surface area (Å²) in [6, 6.07) is 2.27. The summed E-state index contributed by atoms with van der Waals surface area (Å²) in [5.41, 5.74) is -1.72. The third-order valence-electron chi connectivity index (χ3n) is 5.17. The maximum Gasteiger partial charge on any atom is 0.345 e. The van der Waals surface area contributed by atoms with Crippen LogP contribution in [-0.4, -0.2) is 43.7 Å². The van der Waals surface area contributed by atoms with Crippen LogP contribution in [0.15, 0.2) is 21.7 Å². The lowest BCUT2D eigenvalue weighted by Gasteiger charge is -2.11. The number of H-pyrrole nitrogens is 1. The molecular formula is C21H25N5O8. The van der Waals surface area contributed by atoms with E-state index in [9.17, 15) is 24.5 Å². The van der Waals surface area contributed by atoms with Crippen LogP contribution >= 0.6 is 0 Å². The first-order valence-corrected chi connectivity index (χ1v) is 10.6. The Morgan fingerprint density at radius 2 is 1.97 bits per heavy atom. The molecular weight excluding hydrogens is 450 g/mol. The highest BCUT2D eigenvalue weighted by atomic mass is 16.6. The summed E-state index contributed by atoms with van der Waals surface area (Å²) in [7, 11) is 2.87. The highest BCUT2D eigenvalue weighted by Gasteiger charge is 2.26. The first-order valence-electron chi connectivity index (χ1n) is 10.6. The number of aryl methyl sites for hydroxylation is 2. The lowest BCUT2D eigenvalue weighted by molar-refractivity contribution is -0.385. The normalized spacial score (nSPS) is 10.9. The number of nitrogens with one attached hydrogen (secondary N) is 1. The van der Waals surface area contributed by atoms with Crippen LogP contribution in [0.3, 0.4) is 0 Å². The number of carbonyl (C=O) groups is 1. The molecule has 3 aromatic rings. The van der Waals surface area contributed by atoms with Crippen LogP contribution in [0.2, 0.25) is 0 Å². The number of esters is 1. The zero-order valence-corrected chi connectivity index (χ0v) is 19.2. The van der Waals surface area contributed by atoms with Crippen molar-refractivity contribution in [3.05, 3.63) is 54.5 Å². The fourth-order valence-electron chi connectivity index (χ4n) is 3.44. The van der Waals surface area contributed by atoms with E-state index in [4.69, 9.17) is 14.2 Å². The number of carbonyl (C=O) groups excluding carboxylic acids is 1. The number of aromatic nitrogens is 4. The third-order valence-corrected chi connectivity index (χ3v) is 5.17. The van der Waals surface area contributed by atoms with Crippen molar-refractivity contribution in [1.29, 1.82) is 0 Å². The third kappa shape index (κ3) is 4.63. The van der Waals surface area contributed by atoms with Crippen molar-refractivity contribution in [2.75, 3.05) is 13.7 Å². The minimum atomic E-state index is -0.986. The van der Waals surface area contributed by atoms with Gasteiger partial charge in [0.25, 0.3) is 11.2 Å². The van der Waals surface area contributed by atoms with Crippen LogP contribution in [0.1, 0.15) is 42.9 Å². The SMILES string of the molecule is CCCCn1c(=O)[nH]c(=O)c2c1nc(COC(=O)c1cc(OCC)c(OC)cc1[N+](=O)[O-])n2C. The average molecular weight is 475 g/mol. The van der Waals surface area contributed by atoms with Crippen molar-refractivity contribution in [3.63, 3.8) is 0 Å². The molecule has 34 heavy (non-hydrogen) atoms. The number of methoxy groups -OCH3 is 1. The largest absolute Gasteiger partial charge is 0.493 e. The fraction of sp³-hybridized carbons (Fsp3) is 0.429. The van der Waals surface area contributed by atoms with Gasteiger partial charge in [-0.15, -0.1) is 0 Å². The van der Waals surface area contributed by atoms with E-state index in [1.54, 1.807) is 14.0 Å². The Hall–Kier alpha value is -4.16. The predicted octanol–water partition coefficient (Wildman–Crippen LogP) is 1.90. The minimum absolute atomic E-state index is 0.102. The molecule has 1 N–H and O–H groups in total. The average Bonchev–Trinajstić information content (AvgIpc) is 3.13. The fourth-order valence-corrected chi connectivity index (χ4v) is 3.44. The van der Waals surface area contributed by atoms with Gasteiger partial charge in [0.05, 0.1) is 24.7 Å². The van der Waals surface area contributed by atoms with Gasteiger partial charge in [-0.1, -0.05) is 13.3 Å². The van der Waals surface area contributed by atoms with Gasteiger partial charge >= 0.3 is 11.7 Å². The summed E-state index contributed by atoms with van der Waals surface area (Å²) in [4.78, 5) is 54.8. The standard InChI is InChI=1S/C21H25N5O8/c1-5-7-8-25-18-17(19(27)23-21(25)29)24(3)16(22-18)11-34-20(28)12-9-15(33-6-2)14(32-4)10-13(12)26(30)31/h9-10H,5-8,11H2,1-4H3,(H,23,27,29). The number of hydrogen-bond donors (Lipinski definition) is 1. The van der Waals surface area contributed by atoms with Crippen molar-refractivity contribution >= 4 is 22.8 Å². The number of rotatable bonds is 10. The molecule has 2 aromatic heterocycles. The zero-order valence-electron chi connectivity index (χ0n) is 19.2. The van der Waals surface area contributed by atoms with Crippen LogP contribution < -0.4 is 20.7 Å². The Morgan fingerprint density at radius 3 is 2.59 bits per heavy atom. The molecule has 0 saturated heterocycles. The number of nitro benzene ring substituents is 1. The summed E-state index contributed by atoms with van der Waals surface area (Å²) in [5, 5.41) is 11.5. The van der Waals surface area contributed by atoms with Crippen molar-refractivity contribution in [1.82, 2.24) is 19.1 Å². The number of imidazole rings is 1.